The first-order valence-corrected chi connectivity index (χ1v) is 13.1. The van der Waals surface area contributed by atoms with E-state index in [0.29, 0.717) is 22.0 Å². The highest BCUT2D eigenvalue weighted by Crippen LogP contribution is 2.35. The van der Waals surface area contributed by atoms with Gasteiger partial charge in [0.2, 0.25) is 11.8 Å². The van der Waals surface area contributed by atoms with Crippen LogP contribution >= 0.6 is 11.6 Å². The molecule has 1 aliphatic heterocycles. The Kier molecular flexibility index (Phi) is 7.46. The molecule has 2 N–H and O–H groups in total. The Morgan fingerprint density at radius 3 is 2.67 bits per heavy atom. The van der Waals surface area contributed by atoms with Crippen LogP contribution in [0.25, 0.3) is 10.9 Å². The van der Waals surface area contributed by atoms with Gasteiger partial charge in [0.05, 0.1) is 11.6 Å². The van der Waals surface area contributed by atoms with E-state index in [1.54, 1.807) is 28.8 Å². The zero-order valence-electron chi connectivity index (χ0n) is 21.5. The SMILES string of the molecule is CC(=O)c1cn(CC(=O)N2C[C@H](F)C[C@H]2C(=O)NCc2cccc(Cl)c2F)c2cc(C3CC(=O)C=C3O)ccc12. The van der Waals surface area contributed by atoms with Gasteiger partial charge in [-0.1, -0.05) is 35.9 Å². The maximum absolute atomic E-state index is 14.5. The van der Waals surface area contributed by atoms with E-state index in [0.717, 1.165) is 4.90 Å². The number of Topliss-reactive ketones (excluding diaryl/α,β-unsaturated/α-hetero) is 1. The van der Waals surface area contributed by atoms with E-state index in [-0.39, 0.29) is 60.4 Å². The number of aliphatic hydroxyl groups excluding tert-OH is 1. The number of halogens is 3. The normalized spacial score (nSPS) is 20.7. The Labute approximate surface area is 233 Å². The van der Waals surface area contributed by atoms with E-state index < -0.39 is 35.8 Å². The van der Waals surface area contributed by atoms with Crippen LogP contribution in [-0.2, 0) is 27.5 Å². The van der Waals surface area contributed by atoms with Crippen LogP contribution in [0, 0.1) is 5.82 Å². The number of aromatic nitrogens is 1. The van der Waals surface area contributed by atoms with Gasteiger partial charge in [0.25, 0.3) is 0 Å². The van der Waals surface area contributed by atoms with E-state index in [2.05, 4.69) is 5.32 Å². The Morgan fingerprint density at radius 1 is 1.20 bits per heavy atom. The Balaban J connectivity index is 1.38. The monoisotopic (exact) mass is 569 g/mol. The van der Waals surface area contributed by atoms with Crippen molar-refractivity contribution in [3.05, 3.63) is 82.0 Å². The zero-order chi connectivity index (χ0) is 28.7. The number of ketones is 2. The summed E-state index contributed by atoms with van der Waals surface area (Å²) < 4.78 is 30.2. The number of fused-ring (bicyclic) bond motifs is 1. The van der Waals surface area contributed by atoms with Crippen molar-refractivity contribution in [2.45, 2.75) is 51.0 Å². The van der Waals surface area contributed by atoms with Crippen molar-refractivity contribution < 1.29 is 33.1 Å². The smallest absolute Gasteiger partial charge is 0.243 e. The lowest BCUT2D eigenvalue weighted by Gasteiger charge is -2.24. The lowest BCUT2D eigenvalue weighted by atomic mass is 9.95. The molecule has 3 atom stereocenters. The molecule has 1 fully saturated rings. The van der Waals surface area contributed by atoms with Gasteiger partial charge in [-0.25, -0.2) is 8.78 Å². The molecule has 208 valence electrons. The Morgan fingerprint density at radius 2 is 1.98 bits per heavy atom. The summed E-state index contributed by atoms with van der Waals surface area (Å²) in [5, 5.41) is 13.3. The van der Waals surface area contributed by atoms with E-state index in [1.165, 1.54) is 31.3 Å². The second kappa shape index (κ2) is 10.8. The molecule has 2 heterocycles. The number of aliphatic hydroxyl groups is 1. The minimum absolute atomic E-state index is 0.0529. The summed E-state index contributed by atoms with van der Waals surface area (Å²) in [6.45, 7) is 0.655. The Hall–Kier alpha value is -4.05. The van der Waals surface area contributed by atoms with Gasteiger partial charge in [0.1, 0.15) is 30.3 Å². The summed E-state index contributed by atoms with van der Waals surface area (Å²) >= 11 is 5.80. The lowest BCUT2D eigenvalue weighted by molar-refractivity contribution is -0.139. The highest BCUT2D eigenvalue weighted by atomic mass is 35.5. The standard InChI is InChI=1S/C29H26ClF2N3O5/c1-15(36)22-13-34(24-7-16(5-6-20(22)24)21-9-19(37)10-26(21)38)14-27(39)35-12-18(31)8-25(35)29(40)33-11-17-3-2-4-23(30)28(17)32/h2-7,10,13,18,21,25,38H,8-9,11-12,14H2,1H3,(H,33,40)/t18-,21?,25+/m1/s1. The predicted octanol–water partition coefficient (Wildman–Crippen LogP) is 4.39. The molecular weight excluding hydrogens is 544 g/mol. The van der Waals surface area contributed by atoms with Gasteiger partial charge in [0.15, 0.2) is 11.6 Å². The summed E-state index contributed by atoms with van der Waals surface area (Å²) in [7, 11) is 0. The number of allylic oxidation sites excluding steroid dienone is 2. The fraction of sp³-hybridized carbons (Fsp3) is 0.310. The molecule has 0 spiro atoms. The van der Waals surface area contributed by atoms with Crippen LogP contribution in [0.4, 0.5) is 8.78 Å². The summed E-state index contributed by atoms with van der Waals surface area (Å²) in [5.74, 6) is -2.83. The minimum Gasteiger partial charge on any atom is -0.512 e. The predicted molar refractivity (Wildman–Crippen MR) is 143 cm³/mol. The molecule has 0 saturated carbocycles. The van der Waals surface area contributed by atoms with Gasteiger partial charge >= 0.3 is 0 Å². The first-order chi connectivity index (χ1) is 19.0. The third-order valence-electron chi connectivity index (χ3n) is 7.42. The molecule has 1 saturated heterocycles. The first-order valence-electron chi connectivity index (χ1n) is 12.7. The van der Waals surface area contributed by atoms with E-state index >= 15 is 0 Å². The van der Waals surface area contributed by atoms with Crippen LogP contribution < -0.4 is 5.32 Å². The summed E-state index contributed by atoms with van der Waals surface area (Å²) in [5.41, 5.74) is 1.70. The quantitative estimate of drug-likeness (QED) is 0.410. The van der Waals surface area contributed by atoms with Crippen LogP contribution in [0.3, 0.4) is 0 Å². The van der Waals surface area contributed by atoms with Crippen molar-refractivity contribution in [1.29, 1.82) is 0 Å². The van der Waals surface area contributed by atoms with Crippen LogP contribution in [0.2, 0.25) is 5.02 Å². The maximum Gasteiger partial charge on any atom is 0.243 e. The largest absolute Gasteiger partial charge is 0.512 e. The molecule has 40 heavy (non-hydrogen) atoms. The molecule has 8 nitrogen and oxygen atoms in total. The molecule has 0 radical (unpaired) electrons. The molecule has 2 aliphatic rings. The number of carbonyl (C=O) groups excluding carboxylic acids is 4. The molecule has 3 aromatic rings. The Bertz CT molecular complexity index is 1580. The molecule has 2 amide bonds. The van der Waals surface area contributed by atoms with E-state index in [4.69, 9.17) is 11.6 Å². The number of carbonyl (C=O) groups is 4. The fourth-order valence-electron chi connectivity index (χ4n) is 5.39. The number of benzene rings is 2. The summed E-state index contributed by atoms with van der Waals surface area (Å²) in [4.78, 5) is 51.6. The van der Waals surface area contributed by atoms with Gasteiger partial charge in [-0.05, 0) is 24.6 Å². The van der Waals surface area contributed by atoms with Crippen LogP contribution in [0.5, 0.6) is 0 Å². The third kappa shape index (κ3) is 5.23. The van der Waals surface area contributed by atoms with Crippen molar-refractivity contribution in [1.82, 2.24) is 14.8 Å². The number of hydrogen-bond acceptors (Lipinski definition) is 5. The number of amides is 2. The van der Waals surface area contributed by atoms with Crippen molar-refractivity contribution >= 4 is 45.9 Å². The first kappa shape index (κ1) is 27.5. The summed E-state index contributed by atoms with van der Waals surface area (Å²) in [6, 6.07) is 8.44. The highest BCUT2D eigenvalue weighted by molar-refractivity contribution is 6.30. The summed E-state index contributed by atoms with van der Waals surface area (Å²) in [6.07, 6.45) is 1.21. The molecule has 1 unspecified atom stereocenters. The highest BCUT2D eigenvalue weighted by Gasteiger charge is 2.40. The number of alkyl halides is 1. The second-order valence-corrected chi connectivity index (χ2v) is 10.5. The second-order valence-electron chi connectivity index (χ2n) is 10.1. The van der Waals surface area contributed by atoms with Crippen molar-refractivity contribution in [2.75, 3.05) is 6.54 Å². The topological polar surface area (TPSA) is 109 Å². The molecule has 1 aromatic heterocycles. The molecule has 1 aliphatic carbocycles. The minimum atomic E-state index is -1.42. The average molecular weight is 570 g/mol. The fourth-order valence-corrected chi connectivity index (χ4v) is 5.58. The molecule has 11 heteroatoms. The van der Waals surface area contributed by atoms with Gasteiger partial charge < -0.3 is 19.9 Å². The van der Waals surface area contributed by atoms with Gasteiger partial charge in [-0.2, -0.15) is 0 Å². The lowest BCUT2D eigenvalue weighted by Crippen LogP contribution is -2.46. The van der Waals surface area contributed by atoms with Crippen molar-refractivity contribution in [2.24, 2.45) is 0 Å². The van der Waals surface area contributed by atoms with Crippen molar-refractivity contribution in [3.63, 3.8) is 0 Å². The number of rotatable bonds is 7. The maximum atomic E-state index is 14.5. The molecule has 2 aromatic carbocycles. The average Bonchev–Trinajstić information content (AvgIpc) is 3.58. The third-order valence-corrected chi connectivity index (χ3v) is 7.71. The van der Waals surface area contributed by atoms with Crippen molar-refractivity contribution in [3.8, 4) is 0 Å². The van der Waals surface area contributed by atoms with Gasteiger partial charge in [-0.15, -0.1) is 0 Å². The zero-order valence-corrected chi connectivity index (χ0v) is 22.3. The number of likely N-dealkylation sites (tertiary alicyclic amines) is 1. The van der Waals surface area contributed by atoms with Crippen LogP contribution in [-0.4, -0.2) is 56.7 Å². The molecule has 0 bridgehead atoms. The molecular formula is C29H26ClF2N3O5. The van der Waals surface area contributed by atoms with Crippen LogP contribution in [0.15, 0.2) is 54.4 Å². The van der Waals surface area contributed by atoms with Gasteiger partial charge in [-0.3, -0.25) is 19.2 Å². The van der Waals surface area contributed by atoms with E-state index in [9.17, 15) is 33.1 Å². The van der Waals surface area contributed by atoms with Crippen LogP contribution in [0.1, 0.15) is 47.2 Å². The number of nitrogens with one attached hydrogen (secondary N) is 1. The molecule has 5 rings (SSSR count). The van der Waals surface area contributed by atoms with E-state index in [1.807, 2.05) is 0 Å². The number of hydrogen-bond donors (Lipinski definition) is 2. The number of nitrogens with zero attached hydrogens (tertiary/aromatic N) is 2. The van der Waals surface area contributed by atoms with Gasteiger partial charge in [0, 0.05) is 59.6 Å².